The first kappa shape index (κ1) is 15.3. The summed E-state index contributed by atoms with van der Waals surface area (Å²) in [4.78, 5) is 31.0. The molecule has 6 heteroatoms. The number of halogens is 1. The molecule has 1 saturated heterocycles. The van der Waals surface area contributed by atoms with Crippen LogP contribution in [-0.4, -0.2) is 28.7 Å². The highest BCUT2D eigenvalue weighted by Gasteiger charge is 2.59. The Morgan fingerprint density at radius 3 is 2.67 bits per heavy atom. The average Bonchev–Trinajstić information content (AvgIpc) is 3.30. The van der Waals surface area contributed by atoms with E-state index in [9.17, 15) is 9.59 Å². The molecule has 1 fully saturated rings. The number of anilines is 1. The fraction of sp³-hybridized carbons (Fsp3) is 0.238. The minimum atomic E-state index is -0.457. The van der Waals surface area contributed by atoms with Gasteiger partial charge < -0.3 is 10.3 Å². The number of fused-ring (bicyclic) bond motifs is 10. The van der Waals surface area contributed by atoms with Crippen LogP contribution in [0.2, 0.25) is 5.02 Å². The summed E-state index contributed by atoms with van der Waals surface area (Å²) in [6.07, 6.45) is 0. The molecule has 0 bridgehead atoms. The molecule has 5 nitrogen and oxygen atoms in total. The van der Waals surface area contributed by atoms with Crippen LogP contribution in [0.1, 0.15) is 34.7 Å². The number of likely N-dealkylation sites (tertiary alicyclic amines) is 1. The maximum atomic E-state index is 13.1. The number of nitrogens with zero attached hydrogens (tertiary/aromatic N) is 1. The second kappa shape index (κ2) is 4.93. The first-order valence-corrected chi connectivity index (χ1v) is 9.42. The molecule has 0 radical (unpaired) electrons. The number of imide groups is 1. The summed E-state index contributed by atoms with van der Waals surface area (Å²) in [5.74, 6) is -1.21. The van der Waals surface area contributed by atoms with Crippen molar-refractivity contribution >= 4 is 40.0 Å². The first-order valence-electron chi connectivity index (χ1n) is 9.05. The van der Waals surface area contributed by atoms with Crippen LogP contribution in [-0.2, 0) is 9.59 Å². The Labute approximate surface area is 160 Å². The second-order valence-electron chi connectivity index (χ2n) is 7.59. The molecule has 3 aliphatic rings. The molecule has 1 aromatic heterocycles. The molecule has 2 aliphatic heterocycles. The fourth-order valence-electron chi connectivity index (χ4n) is 5.31. The van der Waals surface area contributed by atoms with E-state index in [1.165, 1.54) is 4.90 Å². The van der Waals surface area contributed by atoms with Crippen molar-refractivity contribution in [1.29, 1.82) is 0 Å². The minimum Gasteiger partial charge on any atom is -0.375 e. The smallest absolute Gasteiger partial charge is 0.237 e. The quantitative estimate of drug-likeness (QED) is 0.586. The van der Waals surface area contributed by atoms with Crippen molar-refractivity contribution in [3.05, 3.63) is 64.3 Å². The number of rotatable bonds is 0. The number of aromatic nitrogens is 1. The maximum Gasteiger partial charge on any atom is 0.237 e. The van der Waals surface area contributed by atoms with Crippen LogP contribution < -0.4 is 5.32 Å². The zero-order valence-corrected chi connectivity index (χ0v) is 15.2. The summed E-state index contributed by atoms with van der Waals surface area (Å²) in [6.45, 7) is 0. The number of hydrogen-bond donors (Lipinski definition) is 2. The van der Waals surface area contributed by atoms with Gasteiger partial charge in [0.25, 0.3) is 0 Å². The lowest BCUT2D eigenvalue weighted by molar-refractivity contribution is -0.138. The zero-order chi connectivity index (χ0) is 18.4. The van der Waals surface area contributed by atoms with Gasteiger partial charge in [0.1, 0.15) is 0 Å². The summed E-state index contributed by atoms with van der Waals surface area (Å²) >= 11 is 6.44. The Morgan fingerprint density at radius 1 is 1.00 bits per heavy atom. The van der Waals surface area contributed by atoms with E-state index in [0.29, 0.717) is 5.02 Å². The number of likely N-dealkylation sites (N-methyl/N-ethyl adjacent to an activating group) is 1. The van der Waals surface area contributed by atoms with Gasteiger partial charge in [0.05, 0.1) is 28.6 Å². The Balaban J connectivity index is 1.69. The van der Waals surface area contributed by atoms with Crippen LogP contribution in [0.15, 0.2) is 42.5 Å². The van der Waals surface area contributed by atoms with E-state index in [-0.39, 0.29) is 23.8 Å². The summed E-state index contributed by atoms with van der Waals surface area (Å²) in [5.41, 5.74) is 4.82. The molecule has 2 N–H and O–H groups in total. The number of aromatic amines is 1. The monoisotopic (exact) mass is 377 g/mol. The van der Waals surface area contributed by atoms with E-state index in [0.717, 1.165) is 33.4 Å². The van der Waals surface area contributed by atoms with Crippen LogP contribution in [0.25, 0.3) is 10.9 Å². The van der Waals surface area contributed by atoms with Crippen molar-refractivity contribution in [1.82, 2.24) is 9.88 Å². The molecule has 0 spiro atoms. The first-order chi connectivity index (χ1) is 13.1. The van der Waals surface area contributed by atoms with Gasteiger partial charge in [-0.25, -0.2) is 0 Å². The molecule has 0 unspecified atom stereocenters. The molecule has 27 heavy (non-hydrogen) atoms. The lowest BCUT2D eigenvalue weighted by atomic mass is 9.68. The lowest BCUT2D eigenvalue weighted by Crippen LogP contribution is -2.33. The topological polar surface area (TPSA) is 65.2 Å². The number of benzene rings is 2. The van der Waals surface area contributed by atoms with Gasteiger partial charge in [0.15, 0.2) is 0 Å². The number of para-hydroxylation sites is 2. The van der Waals surface area contributed by atoms with Crippen molar-refractivity contribution < 1.29 is 9.59 Å². The Kier molecular flexibility index (Phi) is 2.79. The third-order valence-corrected chi connectivity index (χ3v) is 6.74. The standard InChI is InChI=1S/C21H16ClN3O2/c1-25-20(26)15-13-9-5-2-3-8-12(9)23-18(13)19-14(16(15)21(25)27)10-6-4-7-11(22)17(10)24-19/h2-8,14-16,19,23-24H,1H3/t14-,15-,16+,19-/m0/s1. The molecule has 2 amide bonds. The van der Waals surface area contributed by atoms with E-state index >= 15 is 0 Å². The van der Waals surface area contributed by atoms with Crippen molar-refractivity contribution in [3.8, 4) is 0 Å². The Morgan fingerprint density at radius 2 is 1.81 bits per heavy atom. The van der Waals surface area contributed by atoms with Crippen molar-refractivity contribution in [2.24, 2.45) is 5.92 Å². The van der Waals surface area contributed by atoms with E-state index in [1.807, 2.05) is 42.5 Å². The SMILES string of the molecule is CN1C(=O)[C@@H]2[C@@H]3c4cccc(Cl)c4N[C@@H]3c3[nH]c4ccccc4c3[C@@H]2C1=O. The molecule has 3 aromatic rings. The predicted octanol–water partition coefficient (Wildman–Crippen LogP) is 3.78. The third-order valence-electron chi connectivity index (χ3n) is 6.42. The molecule has 3 heterocycles. The van der Waals surface area contributed by atoms with Crippen LogP contribution >= 0.6 is 11.6 Å². The maximum absolute atomic E-state index is 13.1. The number of nitrogens with one attached hydrogen (secondary N) is 2. The van der Waals surface area contributed by atoms with Gasteiger partial charge in [0, 0.05) is 29.6 Å². The fourth-order valence-corrected chi connectivity index (χ4v) is 5.55. The van der Waals surface area contributed by atoms with Gasteiger partial charge >= 0.3 is 0 Å². The molecular formula is C21H16ClN3O2. The van der Waals surface area contributed by atoms with Gasteiger partial charge in [-0.1, -0.05) is 41.9 Å². The second-order valence-corrected chi connectivity index (χ2v) is 8.00. The molecule has 2 aromatic carbocycles. The lowest BCUT2D eigenvalue weighted by Gasteiger charge is -2.33. The molecule has 0 saturated carbocycles. The highest BCUT2D eigenvalue weighted by molar-refractivity contribution is 6.33. The van der Waals surface area contributed by atoms with E-state index < -0.39 is 11.8 Å². The Bertz CT molecular complexity index is 1170. The Hall–Kier alpha value is -2.79. The number of carbonyl (C=O) groups excluding carboxylic acids is 2. The number of amides is 2. The highest BCUT2D eigenvalue weighted by Crippen LogP contribution is 2.60. The minimum absolute atomic E-state index is 0.105. The average molecular weight is 378 g/mol. The van der Waals surface area contributed by atoms with E-state index in [2.05, 4.69) is 10.3 Å². The van der Waals surface area contributed by atoms with E-state index in [4.69, 9.17) is 11.6 Å². The molecular weight excluding hydrogens is 362 g/mol. The molecule has 134 valence electrons. The number of H-pyrrole nitrogens is 1. The highest BCUT2D eigenvalue weighted by atomic mass is 35.5. The molecule has 4 atom stereocenters. The van der Waals surface area contributed by atoms with Crippen molar-refractivity contribution in [3.63, 3.8) is 0 Å². The summed E-state index contributed by atoms with van der Waals surface area (Å²) < 4.78 is 0. The van der Waals surface area contributed by atoms with Crippen molar-refractivity contribution in [2.75, 3.05) is 12.4 Å². The van der Waals surface area contributed by atoms with Crippen LogP contribution in [0.5, 0.6) is 0 Å². The van der Waals surface area contributed by atoms with Gasteiger partial charge in [-0.2, -0.15) is 0 Å². The molecule has 1 aliphatic carbocycles. The molecule has 6 rings (SSSR count). The normalized spacial score (nSPS) is 28.0. The van der Waals surface area contributed by atoms with Gasteiger partial charge in [-0.15, -0.1) is 0 Å². The van der Waals surface area contributed by atoms with Crippen LogP contribution in [0.3, 0.4) is 0 Å². The largest absolute Gasteiger partial charge is 0.375 e. The summed E-state index contributed by atoms with van der Waals surface area (Å²) in [5, 5.41) is 5.19. The third kappa shape index (κ3) is 1.71. The van der Waals surface area contributed by atoms with Gasteiger partial charge in [0.2, 0.25) is 11.8 Å². The number of carbonyl (C=O) groups is 2. The van der Waals surface area contributed by atoms with Crippen LogP contribution in [0, 0.1) is 5.92 Å². The predicted molar refractivity (Wildman–Crippen MR) is 103 cm³/mol. The van der Waals surface area contributed by atoms with Gasteiger partial charge in [-0.05, 0) is 23.3 Å². The number of hydrogen-bond acceptors (Lipinski definition) is 3. The van der Waals surface area contributed by atoms with Crippen LogP contribution in [0.4, 0.5) is 5.69 Å². The summed E-state index contributed by atoms with van der Waals surface area (Å²) in [6, 6.07) is 13.6. The van der Waals surface area contributed by atoms with Gasteiger partial charge in [-0.3, -0.25) is 14.5 Å². The van der Waals surface area contributed by atoms with Crippen molar-refractivity contribution in [2.45, 2.75) is 17.9 Å². The van der Waals surface area contributed by atoms with E-state index in [1.54, 1.807) is 7.05 Å². The summed E-state index contributed by atoms with van der Waals surface area (Å²) in [7, 11) is 1.59. The zero-order valence-electron chi connectivity index (χ0n) is 14.5.